The van der Waals surface area contributed by atoms with E-state index in [1.54, 1.807) is 0 Å². The molecule has 1 aliphatic rings. The third kappa shape index (κ3) is 2.29. The fourth-order valence-corrected chi connectivity index (χ4v) is 5.28. The standard InChI is InChI=1S/C17H16ClN2OP/c1-22(21)8-6-15-13(10-22)17(16-3-2-7-19-16)12-9-11(18)4-5-14(12)20-15/h2-5,7,9,19H,6,8,10H2,1H3. The van der Waals surface area contributed by atoms with Crippen LogP contribution in [0.5, 0.6) is 0 Å². The number of aromatic nitrogens is 2. The van der Waals surface area contributed by atoms with Gasteiger partial charge in [0.1, 0.15) is 0 Å². The van der Waals surface area contributed by atoms with Gasteiger partial charge in [-0.3, -0.25) is 4.98 Å². The molecular weight excluding hydrogens is 315 g/mol. The molecule has 3 heterocycles. The van der Waals surface area contributed by atoms with E-state index in [0.29, 0.717) is 11.2 Å². The van der Waals surface area contributed by atoms with Crippen molar-refractivity contribution in [3.8, 4) is 11.3 Å². The number of aromatic amines is 1. The predicted octanol–water partition coefficient (Wildman–Crippen LogP) is 4.93. The molecule has 0 radical (unpaired) electrons. The quantitative estimate of drug-likeness (QED) is 0.643. The molecule has 0 aliphatic carbocycles. The number of benzene rings is 1. The van der Waals surface area contributed by atoms with Crippen LogP contribution < -0.4 is 0 Å². The van der Waals surface area contributed by atoms with Crippen LogP contribution in [0.2, 0.25) is 5.02 Å². The van der Waals surface area contributed by atoms with Crippen molar-refractivity contribution in [2.24, 2.45) is 0 Å². The number of hydrogen-bond donors (Lipinski definition) is 1. The van der Waals surface area contributed by atoms with E-state index in [0.717, 1.165) is 46.0 Å². The number of rotatable bonds is 1. The number of nitrogens with zero attached hydrogens (tertiary/aromatic N) is 1. The smallest absolute Gasteiger partial charge is 0.0894 e. The van der Waals surface area contributed by atoms with Crippen LogP contribution in [0.15, 0.2) is 36.5 Å². The van der Waals surface area contributed by atoms with E-state index in [2.05, 4.69) is 4.98 Å². The molecule has 3 aromatic rings. The van der Waals surface area contributed by atoms with E-state index in [1.807, 2.05) is 43.2 Å². The van der Waals surface area contributed by atoms with E-state index in [4.69, 9.17) is 16.6 Å². The number of pyridine rings is 1. The van der Waals surface area contributed by atoms with Gasteiger partial charge >= 0.3 is 0 Å². The van der Waals surface area contributed by atoms with Crippen molar-refractivity contribution in [3.05, 3.63) is 52.8 Å². The van der Waals surface area contributed by atoms with Gasteiger partial charge in [0.15, 0.2) is 0 Å². The summed E-state index contributed by atoms with van der Waals surface area (Å²) < 4.78 is 12.7. The first-order chi connectivity index (χ1) is 10.5. The topological polar surface area (TPSA) is 45.8 Å². The maximum Gasteiger partial charge on any atom is 0.0894 e. The minimum absolute atomic E-state index is 0.617. The van der Waals surface area contributed by atoms with Gasteiger partial charge in [-0.2, -0.15) is 0 Å². The molecule has 1 aromatic carbocycles. The minimum atomic E-state index is -2.12. The molecule has 22 heavy (non-hydrogen) atoms. The van der Waals surface area contributed by atoms with Gasteiger partial charge in [0, 0.05) is 45.9 Å². The molecule has 0 spiro atoms. The molecule has 1 unspecified atom stereocenters. The molecule has 0 saturated heterocycles. The summed E-state index contributed by atoms with van der Waals surface area (Å²) in [4.78, 5) is 8.08. The number of halogens is 1. The number of fused-ring (bicyclic) bond motifs is 2. The van der Waals surface area contributed by atoms with Crippen molar-refractivity contribution < 1.29 is 4.57 Å². The van der Waals surface area contributed by atoms with Crippen LogP contribution in [-0.2, 0) is 17.1 Å². The molecule has 3 nitrogen and oxygen atoms in total. The summed E-state index contributed by atoms with van der Waals surface area (Å²) >= 11 is 6.20. The lowest BCUT2D eigenvalue weighted by molar-refractivity contribution is 0.575. The fourth-order valence-electron chi connectivity index (χ4n) is 3.25. The van der Waals surface area contributed by atoms with Gasteiger partial charge < -0.3 is 9.55 Å². The van der Waals surface area contributed by atoms with Crippen LogP contribution in [0.3, 0.4) is 0 Å². The zero-order chi connectivity index (χ0) is 15.3. The van der Waals surface area contributed by atoms with Crippen molar-refractivity contribution in [1.82, 2.24) is 9.97 Å². The molecule has 1 N–H and O–H groups in total. The fraction of sp³-hybridized carbons (Fsp3) is 0.235. The summed E-state index contributed by atoms with van der Waals surface area (Å²) in [6.45, 7) is 1.90. The van der Waals surface area contributed by atoms with E-state index < -0.39 is 7.14 Å². The SMILES string of the molecule is CP1(=O)CCc2nc3ccc(Cl)cc3c(-c3ccc[nH]3)c2C1. The number of nitrogens with one attached hydrogen (secondary N) is 1. The Hall–Kier alpha value is -1.57. The maximum atomic E-state index is 12.7. The zero-order valence-corrected chi connectivity index (χ0v) is 13.9. The number of H-pyrrole nitrogens is 1. The van der Waals surface area contributed by atoms with Gasteiger partial charge in [-0.25, -0.2) is 0 Å². The zero-order valence-electron chi connectivity index (χ0n) is 12.3. The second-order valence-corrected chi connectivity index (χ2v) is 9.88. The summed E-state index contributed by atoms with van der Waals surface area (Å²) in [5.74, 6) is 0. The normalized spacial score (nSPS) is 21.0. The monoisotopic (exact) mass is 330 g/mol. The first-order valence-electron chi connectivity index (χ1n) is 7.34. The largest absolute Gasteiger partial charge is 0.361 e. The van der Waals surface area contributed by atoms with E-state index >= 15 is 0 Å². The Morgan fingerprint density at radius 2 is 2.18 bits per heavy atom. The Morgan fingerprint density at radius 1 is 1.32 bits per heavy atom. The van der Waals surface area contributed by atoms with Crippen molar-refractivity contribution in [2.45, 2.75) is 12.6 Å². The second-order valence-electron chi connectivity index (χ2n) is 6.09. The maximum absolute atomic E-state index is 12.7. The lowest BCUT2D eigenvalue weighted by Gasteiger charge is -2.25. The second kappa shape index (κ2) is 4.97. The van der Waals surface area contributed by atoms with Crippen LogP contribution >= 0.6 is 18.7 Å². The third-order valence-corrected chi connectivity index (χ3v) is 6.70. The minimum Gasteiger partial charge on any atom is -0.361 e. The molecule has 0 amide bonds. The Balaban J connectivity index is 2.11. The molecule has 0 bridgehead atoms. The Morgan fingerprint density at radius 3 is 2.95 bits per heavy atom. The molecule has 0 saturated carbocycles. The summed E-state index contributed by atoms with van der Waals surface area (Å²) in [7, 11) is -2.12. The highest BCUT2D eigenvalue weighted by molar-refractivity contribution is 7.62. The average molecular weight is 331 g/mol. The van der Waals surface area contributed by atoms with Crippen LogP contribution in [0.25, 0.3) is 22.2 Å². The summed E-state index contributed by atoms with van der Waals surface area (Å²) in [6, 6.07) is 9.81. The summed E-state index contributed by atoms with van der Waals surface area (Å²) in [6.07, 6.45) is 4.06. The first kappa shape index (κ1) is 14.0. The highest BCUT2D eigenvalue weighted by atomic mass is 35.5. The lowest BCUT2D eigenvalue weighted by Crippen LogP contribution is -2.12. The van der Waals surface area contributed by atoms with Crippen LogP contribution in [0.1, 0.15) is 11.3 Å². The van der Waals surface area contributed by atoms with Crippen LogP contribution in [0.4, 0.5) is 0 Å². The van der Waals surface area contributed by atoms with Crippen LogP contribution in [-0.4, -0.2) is 22.8 Å². The Kier molecular flexibility index (Phi) is 3.18. The average Bonchev–Trinajstić information content (AvgIpc) is 2.98. The predicted molar refractivity (Wildman–Crippen MR) is 92.3 cm³/mol. The highest BCUT2D eigenvalue weighted by Gasteiger charge is 2.28. The van der Waals surface area contributed by atoms with Crippen LogP contribution in [0, 0.1) is 0 Å². The first-order valence-corrected chi connectivity index (χ1v) is 10.2. The van der Waals surface area contributed by atoms with Gasteiger partial charge in [0.05, 0.1) is 12.7 Å². The molecule has 5 heteroatoms. The van der Waals surface area contributed by atoms with E-state index in [-0.39, 0.29) is 0 Å². The third-order valence-electron chi connectivity index (χ3n) is 4.31. The van der Waals surface area contributed by atoms with Crippen molar-refractivity contribution >= 4 is 29.6 Å². The van der Waals surface area contributed by atoms with Gasteiger partial charge in [-0.05, 0) is 49.0 Å². The Bertz CT molecular complexity index is 918. The summed E-state index contributed by atoms with van der Waals surface area (Å²) in [5.41, 5.74) is 5.28. The van der Waals surface area contributed by atoms with Gasteiger partial charge in [-0.1, -0.05) is 11.6 Å². The lowest BCUT2D eigenvalue weighted by atomic mass is 9.97. The van der Waals surface area contributed by atoms with Gasteiger partial charge in [0.2, 0.25) is 0 Å². The molecular formula is C17H16ClN2OP. The highest BCUT2D eigenvalue weighted by Crippen LogP contribution is 2.52. The molecule has 112 valence electrons. The van der Waals surface area contributed by atoms with Gasteiger partial charge in [-0.15, -0.1) is 0 Å². The molecule has 2 aromatic heterocycles. The van der Waals surface area contributed by atoms with E-state index in [1.165, 1.54) is 0 Å². The van der Waals surface area contributed by atoms with Crippen molar-refractivity contribution in [1.29, 1.82) is 0 Å². The molecule has 0 fully saturated rings. The van der Waals surface area contributed by atoms with E-state index in [9.17, 15) is 4.57 Å². The Labute approximate surface area is 134 Å². The number of aryl methyl sites for hydroxylation is 1. The van der Waals surface area contributed by atoms with Crippen molar-refractivity contribution in [2.75, 3.05) is 12.8 Å². The van der Waals surface area contributed by atoms with Gasteiger partial charge in [0.25, 0.3) is 0 Å². The summed E-state index contributed by atoms with van der Waals surface area (Å²) in [5, 5.41) is 1.72. The molecule has 1 aliphatic heterocycles. The number of hydrogen-bond acceptors (Lipinski definition) is 2. The molecule has 1 atom stereocenters. The molecule has 4 rings (SSSR count). The van der Waals surface area contributed by atoms with Crippen molar-refractivity contribution in [3.63, 3.8) is 0 Å².